The number of hydrogen-bond acceptors (Lipinski definition) is 9. The number of aromatic nitrogens is 2. The Morgan fingerprint density at radius 1 is 1.17 bits per heavy atom. The molecule has 154 valence electrons. The average molecular weight is 418 g/mol. The van der Waals surface area contributed by atoms with Crippen molar-refractivity contribution >= 4 is 40.1 Å². The maximum atomic E-state index is 12.3. The number of hydrogen-bond donors (Lipinski definition) is 2. The van der Waals surface area contributed by atoms with Gasteiger partial charge in [0.25, 0.3) is 5.91 Å². The summed E-state index contributed by atoms with van der Waals surface area (Å²) < 4.78 is 10.1. The van der Waals surface area contributed by atoms with Gasteiger partial charge in [-0.1, -0.05) is 0 Å². The lowest BCUT2D eigenvalue weighted by atomic mass is 10.1. The van der Waals surface area contributed by atoms with Crippen LogP contribution in [0, 0.1) is 0 Å². The van der Waals surface area contributed by atoms with E-state index in [0.29, 0.717) is 16.5 Å². The quantitative estimate of drug-likeness (QED) is 0.595. The van der Waals surface area contributed by atoms with E-state index in [1.165, 1.54) is 11.3 Å². The van der Waals surface area contributed by atoms with Gasteiger partial charge in [-0.3, -0.25) is 9.59 Å². The van der Waals surface area contributed by atoms with Crippen LogP contribution in [0.4, 0.5) is 10.9 Å². The lowest BCUT2D eigenvalue weighted by Gasteiger charge is -2.09. The third kappa shape index (κ3) is 5.50. The van der Waals surface area contributed by atoms with Crippen LogP contribution in [0.2, 0.25) is 0 Å². The predicted octanol–water partition coefficient (Wildman–Crippen LogP) is 2.19. The molecule has 0 aliphatic heterocycles. The summed E-state index contributed by atoms with van der Waals surface area (Å²) >= 11 is 1.38. The normalized spacial score (nSPS) is 12.2. The summed E-state index contributed by atoms with van der Waals surface area (Å²) in [5.74, 6) is -1.05. The van der Waals surface area contributed by atoms with E-state index >= 15 is 0 Å². The van der Waals surface area contributed by atoms with Crippen LogP contribution in [0.5, 0.6) is 0 Å². The maximum absolute atomic E-state index is 12.3. The molecule has 2 heterocycles. The molecule has 2 aromatic rings. The van der Waals surface area contributed by atoms with E-state index in [4.69, 9.17) is 9.47 Å². The highest BCUT2D eigenvalue weighted by Gasteiger charge is 2.28. The molecule has 2 N–H and O–H groups in total. The highest BCUT2D eigenvalue weighted by atomic mass is 32.1. The molecule has 9 nitrogen and oxygen atoms in total. The molecule has 1 aliphatic rings. The molecule has 0 saturated carbocycles. The number of rotatable bonds is 9. The van der Waals surface area contributed by atoms with Crippen LogP contribution < -0.4 is 10.6 Å². The van der Waals surface area contributed by atoms with E-state index in [0.717, 1.165) is 29.7 Å². The largest absolute Gasteiger partial charge is 0.462 e. The highest BCUT2D eigenvalue weighted by Crippen LogP contribution is 2.39. The molecule has 0 bridgehead atoms. The number of aryl methyl sites for hydroxylation is 1. The van der Waals surface area contributed by atoms with E-state index in [1.807, 2.05) is 0 Å². The summed E-state index contributed by atoms with van der Waals surface area (Å²) in [5.41, 5.74) is 1.38. The van der Waals surface area contributed by atoms with Gasteiger partial charge in [0.05, 0.1) is 18.6 Å². The Bertz CT molecular complexity index is 884. The van der Waals surface area contributed by atoms with Crippen LogP contribution in [-0.2, 0) is 31.9 Å². The maximum Gasteiger partial charge on any atom is 0.341 e. The van der Waals surface area contributed by atoms with Crippen molar-refractivity contribution in [2.75, 3.05) is 30.4 Å². The Labute approximate surface area is 171 Å². The Balaban J connectivity index is 1.48. The molecular weight excluding hydrogens is 396 g/mol. The SMILES string of the molecule is CCOC(=O)c1c(NC(=O)COC(=O)CCNc2ncccn2)sc2c1CCC2. The molecule has 0 unspecified atom stereocenters. The Morgan fingerprint density at radius 3 is 2.72 bits per heavy atom. The van der Waals surface area contributed by atoms with Crippen LogP contribution in [0.1, 0.15) is 40.6 Å². The lowest BCUT2D eigenvalue weighted by molar-refractivity contribution is -0.147. The van der Waals surface area contributed by atoms with Crippen molar-refractivity contribution < 1.29 is 23.9 Å². The van der Waals surface area contributed by atoms with Gasteiger partial charge in [-0.05, 0) is 37.8 Å². The Hall–Kier alpha value is -3.01. The lowest BCUT2D eigenvalue weighted by Crippen LogP contribution is -2.22. The van der Waals surface area contributed by atoms with Gasteiger partial charge in [0, 0.05) is 23.8 Å². The minimum Gasteiger partial charge on any atom is -0.462 e. The standard InChI is InChI=1S/C19H22N4O5S/c1-2-27-18(26)16-12-5-3-6-13(12)29-17(16)23-14(24)11-28-15(25)7-10-22-19-20-8-4-9-21-19/h4,8-9H,2-3,5-7,10-11H2,1H3,(H,23,24)(H,20,21,22). The van der Waals surface area contributed by atoms with E-state index in [2.05, 4.69) is 20.6 Å². The first-order valence-corrected chi connectivity index (χ1v) is 10.2. The third-order valence-electron chi connectivity index (χ3n) is 4.20. The first-order chi connectivity index (χ1) is 14.1. The van der Waals surface area contributed by atoms with Gasteiger partial charge >= 0.3 is 11.9 Å². The molecule has 1 aliphatic carbocycles. The number of ether oxygens (including phenoxy) is 2. The monoisotopic (exact) mass is 418 g/mol. The zero-order valence-electron chi connectivity index (χ0n) is 16.0. The summed E-state index contributed by atoms with van der Waals surface area (Å²) in [7, 11) is 0. The molecule has 0 saturated heterocycles. The predicted molar refractivity (Wildman–Crippen MR) is 107 cm³/mol. The number of anilines is 2. The zero-order valence-corrected chi connectivity index (χ0v) is 16.8. The van der Waals surface area contributed by atoms with Crippen LogP contribution in [0.15, 0.2) is 18.5 Å². The fourth-order valence-electron chi connectivity index (χ4n) is 2.96. The number of carbonyl (C=O) groups excluding carboxylic acids is 3. The van der Waals surface area contributed by atoms with Gasteiger partial charge < -0.3 is 20.1 Å². The van der Waals surface area contributed by atoms with Gasteiger partial charge in [-0.15, -0.1) is 11.3 Å². The number of nitrogens with zero attached hydrogens (tertiary/aromatic N) is 2. The minimum atomic E-state index is -0.525. The topological polar surface area (TPSA) is 120 Å². The van der Waals surface area contributed by atoms with Gasteiger partial charge in [0.2, 0.25) is 5.95 Å². The molecule has 3 rings (SSSR count). The van der Waals surface area contributed by atoms with Gasteiger partial charge in [0.1, 0.15) is 5.00 Å². The molecule has 1 amide bonds. The Kier molecular flexibility index (Phi) is 7.12. The second-order valence-corrected chi connectivity index (χ2v) is 7.35. The van der Waals surface area contributed by atoms with Crippen molar-refractivity contribution in [1.29, 1.82) is 0 Å². The summed E-state index contributed by atoms with van der Waals surface area (Å²) in [6.07, 6.45) is 5.90. The molecule has 0 spiro atoms. The number of amides is 1. The number of nitrogens with one attached hydrogen (secondary N) is 2. The van der Waals surface area contributed by atoms with Crippen molar-refractivity contribution in [2.24, 2.45) is 0 Å². The van der Waals surface area contributed by atoms with Gasteiger partial charge in [0.15, 0.2) is 6.61 Å². The van der Waals surface area contributed by atoms with Crippen molar-refractivity contribution in [3.8, 4) is 0 Å². The number of fused-ring (bicyclic) bond motifs is 1. The molecule has 0 atom stereocenters. The van der Waals surface area contributed by atoms with Crippen LogP contribution in [0.3, 0.4) is 0 Å². The average Bonchev–Trinajstić information content (AvgIpc) is 3.28. The summed E-state index contributed by atoms with van der Waals surface area (Å²) in [6.45, 7) is 1.86. The zero-order chi connectivity index (χ0) is 20.6. The van der Waals surface area contributed by atoms with E-state index in [9.17, 15) is 14.4 Å². The molecular formula is C19H22N4O5S. The van der Waals surface area contributed by atoms with Crippen molar-refractivity contribution in [3.05, 3.63) is 34.5 Å². The number of thiophene rings is 1. The number of carbonyl (C=O) groups is 3. The van der Waals surface area contributed by atoms with E-state index in [1.54, 1.807) is 25.4 Å². The number of esters is 2. The van der Waals surface area contributed by atoms with Gasteiger partial charge in [-0.25, -0.2) is 14.8 Å². The van der Waals surface area contributed by atoms with Crippen molar-refractivity contribution in [2.45, 2.75) is 32.6 Å². The van der Waals surface area contributed by atoms with Crippen LogP contribution >= 0.6 is 11.3 Å². The smallest absolute Gasteiger partial charge is 0.341 e. The molecule has 29 heavy (non-hydrogen) atoms. The van der Waals surface area contributed by atoms with E-state index in [-0.39, 0.29) is 19.6 Å². The van der Waals surface area contributed by atoms with Crippen LogP contribution in [-0.4, -0.2) is 47.6 Å². The second-order valence-electron chi connectivity index (χ2n) is 6.24. The Morgan fingerprint density at radius 2 is 1.97 bits per heavy atom. The fourth-order valence-corrected chi connectivity index (χ4v) is 4.25. The first-order valence-electron chi connectivity index (χ1n) is 9.36. The van der Waals surface area contributed by atoms with E-state index < -0.39 is 24.5 Å². The fraction of sp³-hybridized carbons (Fsp3) is 0.421. The summed E-state index contributed by atoms with van der Waals surface area (Å²) in [5, 5.41) is 6.02. The summed E-state index contributed by atoms with van der Waals surface area (Å²) in [4.78, 5) is 45.4. The molecule has 10 heteroatoms. The minimum absolute atomic E-state index is 0.0624. The third-order valence-corrected chi connectivity index (χ3v) is 5.40. The van der Waals surface area contributed by atoms with Crippen molar-refractivity contribution in [1.82, 2.24) is 9.97 Å². The molecule has 0 fully saturated rings. The van der Waals surface area contributed by atoms with Crippen LogP contribution in [0.25, 0.3) is 0 Å². The molecule has 0 aromatic carbocycles. The van der Waals surface area contributed by atoms with Gasteiger partial charge in [-0.2, -0.15) is 0 Å². The first kappa shape index (κ1) is 20.7. The van der Waals surface area contributed by atoms with Crippen molar-refractivity contribution in [3.63, 3.8) is 0 Å². The highest BCUT2D eigenvalue weighted by molar-refractivity contribution is 7.17. The molecule has 2 aromatic heterocycles. The molecule has 0 radical (unpaired) electrons. The second kappa shape index (κ2) is 9.97. The summed E-state index contributed by atoms with van der Waals surface area (Å²) in [6, 6.07) is 1.69.